The van der Waals surface area contributed by atoms with Gasteiger partial charge < -0.3 is 25.4 Å². The van der Waals surface area contributed by atoms with Crippen molar-refractivity contribution in [1.82, 2.24) is 15.5 Å². The van der Waals surface area contributed by atoms with Crippen LogP contribution in [0.3, 0.4) is 0 Å². The number of nitrogens with zero attached hydrogens (tertiary/aromatic N) is 1. The van der Waals surface area contributed by atoms with Gasteiger partial charge in [0, 0.05) is 25.4 Å². The second-order valence-electron chi connectivity index (χ2n) is 8.43. The normalized spacial score (nSPS) is 13.2. The van der Waals surface area contributed by atoms with Crippen molar-refractivity contribution in [2.24, 2.45) is 0 Å². The Bertz CT molecular complexity index is 946. The van der Waals surface area contributed by atoms with E-state index in [0.717, 1.165) is 22.3 Å². The van der Waals surface area contributed by atoms with Crippen LogP contribution >= 0.6 is 0 Å². The Labute approximate surface area is 193 Å². The average molecular weight is 454 g/mol. The third kappa shape index (κ3) is 6.55. The molecule has 1 unspecified atom stereocenters. The highest BCUT2D eigenvalue weighted by atomic mass is 16.5. The van der Waals surface area contributed by atoms with Crippen molar-refractivity contribution in [3.63, 3.8) is 0 Å². The maximum Gasteiger partial charge on any atom is 0.407 e. The van der Waals surface area contributed by atoms with E-state index < -0.39 is 18.1 Å². The molecule has 3 N–H and O–H groups in total. The summed E-state index contributed by atoms with van der Waals surface area (Å²) in [6, 6.07) is 15.4. The van der Waals surface area contributed by atoms with Gasteiger partial charge in [-0.2, -0.15) is 0 Å². The molecule has 0 saturated carbocycles. The fourth-order valence-corrected chi connectivity index (χ4v) is 4.08. The number of carbonyl (C=O) groups is 3. The molecular formula is C25H31N3O5. The third-order valence-corrected chi connectivity index (χ3v) is 5.62. The number of aliphatic carboxylic acids is 1. The smallest absolute Gasteiger partial charge is 0.407 e. The Hall–Kier alpha value is -3.39. The molecule has 0 heterocycles. The number of unbranched alkanes of at least 4 members (excludes halogenated alkanes) is 1. The molecule has 33 heavy (non-hydrogen) atoms. The molecule has 3 rings (SSSR count). The first-order chi connectivity index (χ1) is 15.9. The second kappa shape index (κ2) is 11.5. The first-order valence-electron chi connectivity index (χ1n) is 11.1. The van der Waals surface area contributed by atoms with Crippen LogP contribution in [0.5, 0.6) is 0 Å². The number of carboxylic acid groups (broad SMARTS) is 1. The number of alkyl carbamates (subject to hydrolysis) is 1. The third-order valence-electron chi connectivity index (χ3n) is 5.62. The predicted molar refractivity (Wildman–Crippen MR) is 125 cm³/mol. The first-order valence-corrected chi connectivity index (χ1v) is 11.1. The quantitative estimate of drug-likeness (QED) is 0.452. The molecule has 176 valence electrons. The van der Waals surface area contributed by atoms with Crippen molar-refractivity contribution >= 4 is 18.0 Å². The largest absolute Gasteiger partial charge is 0.481 e. The number of hydrogen-bond acceptors (Lipinski definition) is 5. The summed E-state index contributed by atoms with van der Waals surface area (Å²) in [6.45, 7) is 0.832. The molecule has 2 aromatic rings. The van der Waals surface area contributed by atoms with Crippen LogP contribution in [0.4, 0.5) is 4.79 Å². The number of benzene rings is 2. The van der Waals surface area contributed by atoms with Gasteiger partial charge in [-0.05, 0) is 49.2 Å². The van der Waals surface area contributed by atoms with Crippen LogP contribution < -0.4 is 10.6 Å². The maximum absolute atomic E-state index is 12.6. The van der Waals surface area contributed by atoms with Crippen LogP contribution in [0, 0.1) is 0 Å². The molecule has 1 aliphatic carbocycles. The van der Waals surface area contributed by atoms with E-state index in [9.17, 15) is 14.4 Å². The van der Waals surface area contributed by atoms with E-state index in [0.29, 0.717) is 25.9 Å². The van der Waals surface area contributed by atoms with Crippen LogP contribution in [-0.2, 0) is 14.3 Å². The summed E-state index contributed by atoms with van der Waals surface area (Å²) in [5.74, 6) is -1.24. The lowest BCUT2D eigenvalue weighted by Gasteiger charge is -2.22. The van der Waals surface area contributed by atoms with Gasteiger partial charge in [-0.3, -0.25) is 9.59 Å². The molecule has 0 saturated heterocycles. The lowest BCUT2D eigenvalue weighted by Crippen LogP contribution is -2.52. The molecular weight excluding hydrogens is 422 g/mol. The van der Waals surface area contributed by atoms with Crippen LogP contribution in [0.2, 0.25) is 0 Å². The minimum atomic E-state index is -0.858. The fourth-order valence-electron chi connectivity index (χ4n) is 4.08. The van der Waals surface area contributed by atoms with Gasteiger partial charge in [0.1, 0.15) is 12.6 Å². The van der Waals surface area contributed by atoms with Gasteiger partial charge in [-0.1, -0.05) is 48.5 Å². The number of rotatable bonds is 11. The van der Waals surface area contributed by atoms with Crippen LogP contribution in [0.25, 0.3) is 11.1 Å². The number of amides is 2. The number of nitrogens with one attached hydrogen (secondary N) is 2. The standard InChI is InChI=1S/C25H31N3O5/c1-28(2)15-22(24(31)26-14-8-7-13-23(29)30)27-25(32)33-16-21-19-11-5-3-9-17(19)18-10-4-6-12-20(18)21/h3-6,9-12,21-22H,7-8,13-16H2,1-2H3,(H,26,31)(H,27,32)(H,29,30). The summed E-state index contributed by atoms with van der Waals surface area (Å²) in [5.41, 5.74) is 4.54. The molecule has 0 spiro atoms. The minimum absolute atomic E-state index is 0.0569. The Balaban J connectivity index is 1.56. The van der Waals surface area contributed by atoms with Crippen LogP contribution in [0.15, 0.2) is 48.5 Å². The maximum atomic E-state index is 12.6. The molecule has 0 fully saturated rings. The van der Waals surface area contributed by atoms with Crippen molar-refractivity contribution in [2.75, 3.05) is 33.8 Å². The molecule has 8 nitrogen and oxygen atoms in total. The molecule has 1 aliphatic rings. The van der Waals surface area contributed by atoms with E-state index in [1.165, 1.54) is 0 Å². The first kappa shape index (κ1) is 24.3. The zero-order valence-corrected chi connectivity index (χ0v) is 19.0. The van der Waals surface area contributed by atoms with Crippen LogP contribution in [0.1, 0.15) is 36.3 Å². The number of likely N-dealkylation sites (N-methyl/N-ethyl adjacent to an activating group) is 1. The summed E-state index contributed by atoms with van der Waals surface area (Å²) in [7, 11) is 3.62. The summed E-state index contributed by atoms with van der Waals surface area (Å²) in [6.07, 6.45) is 0.449. The highest BCUT2D eigenvalue weighted by Crippen LogP contribution is 2.44. The van der Waals surface area contributed by atoms with Crippen LogP contribution in [-0.4, -0.2) is 67.8 Å². The minimum Gasteiger partial charge on any atom is -0.481 e. The van der Waals surface area contributed by atoms with Gasteiger partial charge in [0.25, 0.3) is 0 Å². The highest BCUT2D eigenvalue weighted by Gasteiger charge is 2.29. The number of hydrogen-bond donors (Lipinski definition) is 3. The van der Waals surface area contributed by atoms with E-state index in [4.69, 9.17) is 9.84 Å². The SMILES string of the molecule is CN(C)CC(NC(=O)OCC1c2ccccc2-c2ccccc21)C(=O)NCCCCC(=O)O. The number of carbonyl (C=O) groups excluding carboxylic acids is 2. The predicted octanol–water partition coefficient (Wildman–Crippen LogP) is 2.83. The Morgan fingerprint density at radius 3 is 2.18 bits per heavy atom. The lowest BCUT2D eigenvalue weighted by molar-refractivity contribution is -0.137. The Morgan fingerprint density at radius 1 is 1.00 bits per heavy atom. The topological polar surface area (TPSA) is 108 Å². The zero-order chi connectivity index (χ0) is 23.8. The molecule has 0 radical (unpaired) electrons. The Kier molecular flexibility index (Phi) is 8.43. The van der Waals surface area contributed by atoms with Gasteiger partial charge in [0.2, 0.25) is 5.91 Å². The van der Waals surface area contributed by atoms with E-state index in [1.54, 1.807) is 4.90 Å². The van der Waals surface area contributed by atoms with E-state index in [-0.39, 0.29) is 24.9 Å². The van der Waals surface area contributed by atoms with Gasteiger partial charge in [-0.15, -0.1) is 0 Å². The monoisotopic (exact) mass is 453 g/mol. The zero-order valence-electron chi connectivity index (χ0n) is 19.0. The van der Waals surface area contributed by atoms with E-state index in [2.05, 4.69) is 22.8 Å². The average Bonchev–Trinajstić information content (AvgIpc) is 3.10. The van der Waals surface area contributed by atoms with Gasteiger partial charge in [0.15, 0.2) is 0 Å². The molecule has 2 aromatic carbocycles. The van der Waals surface area contributed by atoms with Crippen molar-refractivity contribution < 1.29 is 24.2 Å². The van der Waals surface area contributed by atoms with Crippen molar-refractivity contribution in [1.29, 1.82) is 0 Å². The number of carboxylic acids is 1. The Morgan fingerprint density at radius 2 is 1.61 bits per heavy atom. The van der Waals surface area contributed by atoms with Gasteiger partial charge >= 0.3 is 12.1 Å². The summed E-state index contributed by atoms with van der Waals surface area (Å²) in [4.78, 5) is 37.5. The summed E-state index contributed by atoms with van der Waals surface area (Å²) < 4.78 is 5.56. The van der Waals surface area contributed by atoms with Gasteiger partial charge in [0.05, 0.1) is 0 Å². The molecule has 0 aromatic heterocycles. The number of ether oxygens (including phenoxy) is 1. The molecule has 0 aliphatic heterocycles. The molecule has 2 amide bonds. The van der Waals surface area contributed by atoms with Crippen molar-refractivity contribution in [3.05, 3.63) is 59.7 Å². The van der Waals surface area contributed by atoms with Crippen molar-refractivity contribution in [3.8, 4) is 11.1 Å². The molecule has 8 heteroatoms. The summed E-state index contributed by atoms with van der Waals surface area (Å²) in [5, 5.41) is 14.1. The van der Waals surface area contributed by atoms with Gasteiger partial charge in [-0.25, -0.2) is 4.79 Å². The number of fused-ring (bicyclic) bond motifs is 3. The van der Waals surface area contributed by atoms with E-state index in [1.807, 2.05) is 50.5 Å². The lowest BCUT2D eigenvalue weighted by atomic mass is 9.98. The summed E-state index contributed by atoms with van der Waals surface area (Å²) >= 11 is 0. The fraction of sp³-hybridized carbons (Fsp3) is 0.400. The second-order valence-corrected chi connectivity index (χ2v) is 8.43. The highest BCUT2D eigenvalue weighted by molar-refractivity contribution is 5.86. The van der Waals surface area contributed by atoms with E-state index >= 15 is 0 Å². The van der Waals surface area contributed by atoms with Crippen molar-refractivity contribution in [2.45, 2.75) is 31.2 Å². The molecule has 0 bridgehead atoms. The molecule has 1 atom stereocenters.